The molecule has 18 heavy (non-hydrogen) atoms. The Balaban J connectivity index is 2.67. The van der Waals surface area contributed by atoms with Gasteiger partial charge in [-0.25, -0.2) is 4.79 Å². The maximum atomic E-state index is 11.5. The normalized spacial score (nSPS) is 10.4. The summed E-state index contributed by atoms with van der Waals surface area (Å²) in [4.78, 5) is 13.6. The molecule has 1 aromatic rings. The van der Waals surface area contributed by atoms with E-state index < -0.39 is 5.97 Å². The van der Waals surface area contributed by atoms with Crippen molar-refractivity contribution in [1.82, 2.24) is 4.90 Å². The molecule has 1 rings (SSSR count). The zero-order valence-corrected chi connectivity index (χ0v) is 11.1. The zero-order chi connectivity index (χ0) is 13.5. The van der Waals surface area contributed by atoms with Gasteiger partial charge in [0.1, 0.15) is 11.3 Å². The Morgan fingerprint density at radius 3 is 2.72 bits per heavy atom. The Morgan fingerprint density at radius 1 is 1.39 bits per heavy atom. The van der Waals surface area contributed by atoms with E-state index in [1.165, 1.54) is 7.11 Å². The van der Waals surface area contributed by atoms with Crippen molar-refractivity contribution in [1.29, 1.82) is 0 Å². The first-order chi connectivity index (χ1) is 8.54. The predicted octanol–water partition coefficient (Wildman–Crippen LogP) is 1.39. The highest BCUT2D eigenvalue weighted by Crippen LogP contribution is 2.22. The molecular formula is C13H20N2O3. The van der Waals surface area contributed by atoms with Crippen LogP contribution in [0.3, 0.4) is 0 Å². The molecule has 2 N–H and O–H groups in total. The summed E-state index contributed by atoms with van der Waals surface area (Å²) in [6, 6.07) is 4.91. The van der Waals surface area contributed by atoms with Gasteiger partial charge in [-0.2, -0.15) is 0 Å². The van der Waals surface area contributed by atoms with E-state index in [1.54, 1.807) is 18.2 Å². The summed E-state index contributed by atoms with van der Waals surface area (Å²) in [5, 5.41) is 0. The predicted molar refractivity (Wildman–Crippen MR) is 70.9 cm³/mol. The van der Waals surface area contributed by atoms with E-state index in [-0.39, 0.29) is 0 Å². The SMILES string of the molecule is COC(=O)c1ccc(N)cc1OCCCN(C)C. The van der Waals surface area contributed by atoms with Gasteiger partial charge in [-0.15, -0.1) is 0 Å². The van der Waals surface area contributed by atoms with Crippen molar-refractivity contribution in [3.63, 3.8) is 0 Å². The van der Waals surface area contributed by atoms with Gasteiger partial charge >= 0.3 is 5.97 Å². The number of anilines is 1. The Kier molecular flexibility index (Phi) is 5.45. The third-order valence-corrected chi connectivity index (χ3v) is 2.42. The van der Waals surface area contributed by atoms with E-state index in [0.717, 1.165) is 13.0 Å². The topological polar surface area (TPSA) is 64.8 Å². The number of methoxy groups -OCH3 is 1. The average Bonchev–Trinajstić information content (AvgIpc) is 2.33. The zero-order valence-electron chi connectivity index (χ0n) is 11.1. The Morgan fingerprint density at radius 2 is 2.11 bits per heavy atom. The van der Waals surface area contributed by atoms with E-state index in [2.05, 4.69) is 4.90 Å². The van der Waals surface area contributed by atoms with Crippen molar-refractivity contribution >= 4 is 11.7 Å². The van der Waals surface area contributed by atoms with Gasteiger partial charge in [0.2, 0.25) is 0 Å². The van der Waals surface area contributed by atoms with Crippen molar-refractivity contribution in [2.24, 2.45) is 0 Å². The van der Waals surface area contributed by atoms with Crippen molar-refractivity contribution < 1.29 is 14.3 Å². The summed E-state index contributed by atoms with van der Waals surface area (Å²) in [6.07, 6.45) is 0.877. The first kappa shape index (κ1) is 14.3. The number of esters is 1. The minimum absolute atomic E-state index is 0.400. The van der Waals surface area contributed by atoms with Crippen LogP contribution < -0.4 is 10.5 Å². The van der Waals surface area contributed by atoms with E-state index in [1.807, 2.05) is 14.1 Å². The number of carbonyl (C=O) groups is 1. The van der Waals surface area contributed by atoms with Crippen LogP contribution in [0.4, 0.5) is 5.69 Å². The molecule has 0 atom stereocenters. The highest BCUT2D eigenvalue weighted by molar-refractivity contribution is 5.93. The van der Waals surface area contributed by atoms with Gasteiger partial charge in [0.05, 0.1) is 13.7 Å². The molecule has 0 amide bonds. The van der Waals surface area contributed by atoms with Crippen LogP contribution in [0.5, 0.6) is 5.75 Å². The van der Waals surface area contributed by atoms with Crippen molar-refractivity contribution in [2.45, 2.75) is 6.42 Å². The van der Waals surface area contributed by atoms with Crippen LogP contribution in [-0.4, -0.2) is 45.2 Å². The molecule has 0 saturated carbocycles. The number of rotatable bonds is 6. The van der Waals surface area contributed by atoms with Gasteiger partial charge in [-0.3, -0.25) is 0 Å². The average molecular weight is 252 g/mol. The van der Waals surface area contributed by atoms with Gasteiger partial charge in [0.25, 0.3) is 0 Å². The minimum atomic E-state index is -0.419. The molecule has 0 fully saturated rings. The smallest absolute Gasteiger partial charge is 0.341 e. The summed E-state index contributed by atoms with van der Waals surface area (Å²) in [5.41, 5.74) is 6.64. The molecule has 0 heterocycles. The third-order valence-electron chi connectivity index (χ3n) is 2.42. The Hall–Kier alpha value is -1.75. The monoisotopic (exact) mass is 252 g/mol. The molecule has 0 aliphatic heterocycles. The van der Waals surface area contributed by atoms with Crippen LogP contribution in [0.25, 0.3) is 0 Å². The number of hydrogen-bond donors (Lipinski definition) is 1. The first-order valence-corrected chi connectivity index (χ1v) is 5.80. The molecule has 0 radical (unpaired) electrons. The molecule has 0 unspecified atom stereocenters. The van der Waals surface area contributed by atoms with Crippen molar-refractivity contribution in [3.05, 3.63) is 23.8 Å². The van der Waals surface area contributed by atoms with Gasteiger partial charge < -0.3 is 20.1 Å². The molecule has 5 heteroatoms. The molecular weight excluding hydrogens is 232 g/mol. The van der Waals surface area contributed by atoms with Gasteiger partial charge in [-0.1, -0.05) is 0 Å². The maximum absolute atomic E-state index is 11.5. The lowest BCUT2D eigenvalue weighted by atomic mass is 10.2. The van der Waals surface area contributed by atoms with Crippen LogP contribution in [0.15, 0.2) is 18.2 Å². The van der Waals surface area contributed by atoms with Crippen LogP contribution >= 0.6 is 0 Å². The first-order valence-electron chi connectivity index (χ1n) is 5.80. The van der Waals surface area contributed by atoms with Crippen LogP contribution in [0.1, 0.15) is 16.8 Å². The molecule has 0 aromatic heterocycles. The fraction of sp³-hybridized carbons (Fsp3) is 0.462. The summed E-state index contributed by atoms with van der Waals surface area (Å²) in [7, 11) is 5.34. The number of nitrogens with two attached hydrogens (primary N) is 1. The second kappa shape index (κ2) is 6.86. The number of ether oxygens (including phenoxy) is 2. The molecule has 0 aliphatic rings. The molecule has 100 valence electrons. The summed E-state index contributed by atoms with van der Waals surface area (Å²) in [5.74, 6) is 0.0539. The second-order valence-corrected chi connectivity index (χ2v) is 4.25. The van der Waals surface area contributed by atoms with E-state index in [4.69, 9.17) is 15.2 Å². The standard InChI is InChI=1S/C13H20N2O3/c1-15(2)7-4-8-18-12-9-10(14)5-6-11(12)13(16)17-3/h5-6,9H,4,7-8,14H2,1-3H3. The Bertz CT molecular complexity index is 405. The summed E-state index contributed by atoms with van der Waals surface area (Å²) in [6.45, 7) is 1.46. The lowest BCUT2D eigenvalue weighted by Gasteiger charge is -2.13. The van der Waals surface area contributed by atoms with Crippen LogP contribution in [0.2, 0.25) is 0 Å². The van der Waals surface area contributed by atoms with Gasteiger partial charge in [-0.05, 0) is 32.6 Å². The molecule has 0 spiro atoms. The highest BCUT2D eigenvalue weighted by atomic mass is 16.5. The Labute approximate surface area is 107 Å². The van der Waals surface area contributed by atoms with Gasteiger partial charge in [0.15, 0.2) is 0 Å². The fourth-order valence-electron chi connectivity index (χ4n) is 1.50. The van der Waals surface area contributed by atoms with E-state index in [0.29, 0.717) is 23.6 Å². The maximum Gasteiger partial charge on any atom is 0.341 e. The second-order valence-electron chi connectivity index (χ2n) is 4.25. The lowest BCUT2D eigenvalue weighted by molar-refractivity contribution is 0.0596. The molecule has 0 aliphatic carbocycles. The van der Waals surface area contributed by atoms with E-state index in [9.17, 15) is 4.79 Å². The van der Waals surface area contributed by atoms with Crippen LogP contribution in [0, 0.1) is 0 Å². The minimum Gasteiger partial charge on any atom is -0.493 e. The fourth-order valence-corrected chi connectivity index (χ4v) is 1.50. The lowest BCUT2D eigenvalue weighted by Crippen LogP contribution is -2.16. The summed E-state index contributed by atoms with van der Waals surface area (Å²) < 4.78 is 10.3. The molecule has 1 aromatic carbocycles. The molecule has 5 nitrogen and oxygen atoms in total. The molecule has 0 bridgehead atoms. The third kappa shape index (κ3) is 4.25. The number of carbonyl (C=O) groups excluding carboxylic acids is 1. The summed E-state index contributed by atoms with van der Waals surface area (Å²) >= 11 is 0. The molecule has 0 saturated heterocycles. The van der Waals surface area contributed by atoms with E-state index >= 15 is 0 Å². The largest absolute Gasteiger partial charge is 0.493 e. The van der Waals surface area contributed by atoms with Crippen molar-refractivity contribution in [3.8, 4) is 5.75 Å². The number of benzene rings is 1. The number of hydrogen-bond acceptors (Lipinski definition) is 5. The number of nitrogen functional groups attached to an aromatic ring is 1. The van der Waals surface area contributed by atoms with Gasteiger partial charge in [0, 0.05) is 18.3 Å². The van der Waals surface area contributed by atoms with Crippen LogP contribution in [-0.2, 0) is 4.74 Å². The van der Waals surface area contributed by atoms with Crippen molar-refractivity contribution in [2.75, 3.05) is 40.1 Å². The highest BCUT2D eigenvalue weighted by Gasteiger charge is 2.13. The number of nitrogens with zero attached hydrogens (tertiary/aromatic N) is 1. The quantitative estimate of drug-likeness (QED) is 0.471.